The van der Waals surface area contributed by atoms with Crippen LogP contribution in [0.5, 0.6) is 0 Å². The van der Waals surface area contributed by atoms with E-state index in [9.17, 15) is 4.79 Å². The summed E-state index contributed by atoms with van der Waals surface area (Å²) >= 11 is 0. The predicted molar refractivity (Wildman–Crippen MR) is 121 cm³/mol. The highest BCUT2D eigenvalue weighted by molar-refractivity contribution is 6.03. The molecule has 0 amide bonds. The SMILES string of the molecule is C/C(C(=O)CC1=CCC(N)CC1)=C(/c1ccc(Cc2ccccc2)cc1)C(C)N. The second-order valence-corrected chi connectivity index (χ2v) is 8.18. The number of hydrogen-bond donors (Lipinski definition) is 2. The molecular weight excluding hydrogens is 356 g/mol. The highest BCUT2D eigenvalue weighted by Crippen LogP contribution is 2.27. The Hall–Kier alpha value is -2.49. The van der Waals surface area contributed by atoms with Gasteiger partial charge in [-0.3, -0.25) is 4.79 Å². The third-order valence-corrected chi connectivity index (χ3v) is 5.73. The molecule has 3 heteroatoms. The van der Waals surface area contributed by atoms with Gasteiger partial charge in [0.05, 0.1) is 0 Å². The Morgan fingerprint density at radius 1 is 1.07 bits per heavy atom. The molecular formula is C26H32N2O. The van der Waals surface area contributed by atoms with Crippen LogP contribution < -0.4 is 11.5 Å². The first-order valence-electron chi connectivity index (χ1n) is 10.5. The summed E-state index contributed by atoms with van der Waals surface area (Å²) in [6.45, 7) is 3.86. The lowest BCUT2D eigenvalue weighted by Gasteiger charge is -2.20. The fourth-order valence-corrected chi connectivity index (χ4v) is 4.01. The molecule has 152 valence electrons. The molecule has 29 heavy (non-hydrogen) atoms. The van der Waals surface area contributed by atoms with Gasteiger partial charge in [0, 0.05) is 18.5 Å². The lowest BCUT2D eigenvalue weighted by molar-refractivity contribution is -0.114. The monoisotopic (exact) mass is 388 g/mol. The lowest BCUT2D eigenvalue weighted by atomic mass is 9.88. The average Bonchev–Trinajstić information content (AvgIpc) is 2.71. The topological polar surface area (TPSA) is 69.1 Å². The Bertz CT molecular complexity index is 892. The van der Waals surface area contributed by atoms with E-state index >= 15 is 0 Å². The van der Waals surface area contributed by atoms with Gasteiger partial charge in [-0.05, 0) is 67.4 Å². The van der Waals surface area contributed by atoms with Gasteiger partial charge in [0.25, 0.3) is 0 Å². The van der Waals surface area contributed by atoms with Gasteiger partial charge in [-0.15, -0.1) is 0 Å². The minimum absolute atomic E-state index is 0.160. The molecule has 0 fully saturated rings. The Morgan fingerprint density at radius 2 is 1.72 bits per heavy atom. The molecule has 0 radical (unpaired) electrons. The summed E-state index contributed by atoms with van der Waals surface area (Å²) in [5.41, 5.74) is 18.7. The zero-order valence-electron chi connectivity index (χ0n) is 17.5. The quantitative estimate of drug-likeness (QED) is 0.529. The number of hydrogen-bond acceptors (Lipinski definition) is 3. The maximum Gasteiger partial charge on any atom is 0.162 e. The molecule has 1 aliphatic rings. The van der Waals surface area contributed by atoms with E-state index in [1.165, 1.54) is 16.7 Å². The normalized spacial score (nSPS) is 18.6. The molecule has 0 heterocycles. The molecule has 2 aromatic carbocycles. The van der Waals surface area contributed by atoms with Crippen molar-refractivity contribution in [2.24, 2.45) is 11.5 Å². The van der Waals surface area contributed by atoms with Gasteiger partial charge >= 0.3 is 0 Å². The third kappa shape index (κ3) is 5.75. The number of Topliss-reactive ketones (excluding diaryl/α,β-unsaturated/α-hetero) is 1. The van der Waals surface area contributed by atoms with Gasteiger partial charge in [-0.2, -0.15) is 0 Å². The summed E-state index contributed by atoms with van der Waals surface area (Å²) < 4.78 is 0. The molecule has 4 N–H and O–H groups in total. The Labute approximate surface area is 174 Å². The first-order chi connectivity index (χ1) is 13.9. The van der Waals surface area contributed by atoms with E-state index in [-0.39, 0.29) is 17.9 Å². The minimum atomic E-state index is -0.201. The number of carbonyl (C=O) groups excluding carboxylic acids is 1. The van der Waals surface area contributed by atoms with E-state index < -0.39 is 0 Å². The molecule has 0 saturated carbocycles. The van der Waals surface area contributed by atoms with Crippen molar-refractivity contribution in [3.05, 3.63) is 88.5 Å². The molecule has 2 atom stereocenters. The molecule has 0 spiro atoms. The number of benzene rings is 2. The summed E-state index contributed by atoms with van der Waals surface area (Å²) in [6, 6.07) is 18.9. The Balaban J connectivity index is 1.78. The van der Waals surface area contributed by atoms with Gasteiger partial charge in [0.2, 0.25) is 0 Å². The molecule has 0 saturated heterocycles. The standard InChI is InChI=1S/C26H32N2O/c1-18(25(29)17-22-10-14-24(28)15-11-22)26(19(2)27)23-12-8-21(9-13-23)16-20-6-4-3-5-7-20/h3-10,12-13,19,24H,11,14-17,27-28H2,1-2H3/b26-18-. The van der Waals surface area contributed by atoms with Crippen molar-refractivity contribution < 1.29 is 4.79 Å². The summed E-state index contributed by atoms with van der Waals surface area (Å²) in [7, 11) is 0. The first kappa shape index (κ1) is 21.2. The average molecular weight is 389 g/mol. The third-order valence-electron chi connectivity index (χ3n) is 5.73. The minimum Gasteiger partial charge on any atom is -0.327 e. The van der Waals surface area contributed by atoms with Gasteiger partial charge in [0.1, 0.15) is 0 Å². The van der Waals surface area contributed by atoms with Gasteiger partial charge in [0.15, 0.2) is 5.78 Å². The first-order valence-corrected chi connectivity index (χ1v) is 10.5. The highest BCUT2D eigenvalue weighted by Gasteiger charge is 2.19. The Morgan fingerprint density at radius 3 is 2.31 bits per heavy atom. The lowest BCUT2D eigenvalue weighted by Crippen LogP contribution is -2.23. The van der Waals surface area contributed by atoms with Crippen LogP contribution in [0.4, 0.5) is 0 Å². The second-order valence-electron chi connectivity index (χ2n) is 8.18. The number of rotatable bonds is 7. The largest absolute Gasteiger partial charge is 0.327 e. The molecule has 1 aliphatic carbocycles. The van der Waals surface area contributed by atoms with Crippen LogP contribution in [-0.4, -0.2) is 17.9 Å². The molecule has 3 nitrogen and oxygen atoms in total. The molecule has 3 rings (SSSR count). The summed E-state index contributed by atoms with van der Waals surface area (Å²) in [5, 5.41) is 0. The fraction of sp³-hybridized carbons (Fsp3) is 0.346. The van der Waals surface area contributed by atoms with Crippen LogP contribution in [-0.2, 0) is 11.2 Å². The smallest absolute Gasteiger partial charge is 0.162 e. The van der Waals surface area contributed by atoms with Crippen molar-refractivity contribution in [2.45, 2.75) is 58.0 Å². The van der Waals surface area contributed by atoms with Crippen LogP contribution in [0.3, 0.4) is 0 Å². The van der Waals surface area contributed by atoms with Crippen molar-refractivity contribution in [1.29, 1.82) is 0 Å². The zero-order chi connectivity index (χ0) is 20.8. The maximum absolute atomic E-state index is 12.9. The van der Waals surface area contributed by atoms with Crippen molar-refractivity contribution in [1.82, 2.24) is 0 Å². The van der Waals surface area contributed by atoms with Crippen LogP contribution >= 0.6 is 0 Å². The van der Waals surface area contributed by atoms with E-state index in [1.807, 2.05) is 19.9 Å². The van der Waals surface area contributed by atoms with Crippen molar-refractivity contribution >= 4 is 11.4 Å². The van der Waals surface area contributed by atoms with Crippen molar-refractivity contribution in [3.8, 4) is 0 Å². The highest BCUT2D eigenvalue weighted by atomic mass is 16.1. The summed E-state index contributed by atoms with van der Waals surface area (Å²) in [5.74, 6) is 0.160. The van der Waals surface area contributed by atoms with Gasteiger partial charge in [-0.25, -0.2) is 0 Å². The summed E-state index contributed by atoms with van der Waals surface area (Å²) in [4.78, 5) is 12.9. The molecule has 0 bridgehead atoms. The van der Waals surface area contributed by atoms with Crippen LogP contribution in [0.25, 0.3) is 5.57 Å². The van der Waals surface area contributed by atoms with Crippen LogP contribution in [0, 0.1) is 0 Å². The number of nitrogens with two attached hydrogens (primary N) is 2. The fourth-order valence-electron chi connectivity index (χ4n) is 4.01. The van der Waals surface area contributed by atoms with Crippen molar-refractivity contribution in [2.75, 3.05) is 0 Å². The maximum atomic E-state index is 12.9. The van der Waals surface area contributed by atoms with E-state index in [2.05, 4.69) is 54.6 Å². The predicted octanol–water partition coefficient (Wildman–Crippen LogP) is 4.79. The van der Waals surface area contributed by atoms with Gasteiger partial charge in [-0.1, -0.05) is 66.2 Å². The number of allylic oxidation sites excluding steroid dienone is 2. The zero-order valence-corrected chi connectivity index (χ0v) is 17.5. The summed E-state index contributed by atoms with van der Waals surface area (Å²) in [6.07, 6.45) is 6.26. The van der Waals surface area contributed by atoms with E-state index in [4.69, 9.17) is 11.5 Å². The Kier molecular flexibility index (Phi) is 7.18. The molecule has 2 unspecified atom stereocenters. The van der Waals surface area contributed by atoms with Crippen molar-refractivity contribution in [3.63, 3.8) is 0 Å². The van der Waals surface area contributed by atoms with Crippen LogP contribution in [0.2, 0.25) is 0 Å². The van der Waals surface area contributed by atoms with Crippen LogP contribution in [0.15, 0.2) is 71.8 Å². The van der Waals surface area contributed by atoms with E-state index in [1.54, 1.807) is 0 Å². The number of ketones is 1. The van der Waals surface area contributed by atoms with Gasteiger partial charge < -0.3 is 11.5 Å². The molecule has 2 aromatic rings. The van der Waals surface area contributed by atoms with E-state index in [0.29, 0.717) is 6.42 Å². The van der Waals surface area contributed by atoms with E-state index in [0.717, 1.165) is 42.4 Å². The second kappa shape index (κ2) is 9.82. The molecule has 0 aliphatic heterocycles. The van der Waals surface area contributed by atoms with Crippen LogP contribution in [0.1, 0.15) is 56.2 Å². The molecule has 0 aromatic heterocycles. The number of carbonyl (C=O) groups is 1.